The zero-order valence-corrected chi connectivity index (χ0v) is 21.3. The molecule has 8 heteroatoms. The second-order valence-corrected chi connectivity index (χ2v) is 8.46. The number of aryl methyl sites for hydroxylation is 2. The van der Waals surface area contributed by atoms with Crippen LogP contribution in [0.15, 0.2) is 60.8 Å². The van der Waals surface area contributed by atoms with E-state index in [1.807, 2.05) is 42.5 Å². The number of carbonyl (C=O) groups excluding carboxylic acids is 2. The van der Waals surface area contributed by atoms with Gasteiger partial charge in [0.2, 0.25) is 0 Å². The van der Waals surface area contributed by atoms with Gasteiger partial charge in [-0.15, -0.1) is 0 Å². The molecule has 0 spiro atoms. The molecular weight excluding hydrogens is 478 g/mol. The normalized spacial score (nSPS) is 10.8. The van der Waals surface area contributed by atoms with E-state index in [2.05, 4.69) is 4.98 Å². The molecule has 0 aliphatic carbocycles. The first kappa shape index (κ1) is 25.1. The fraction of sp³-hybridized carbons (Fsp3) is 0.214. The van der Waals surface area contributed by atoms with Crippen LogP contribution >= 0.6 is 11.6 Å². The molecule has 36 heavy (non-hydrogen) atoms. The number of carbonyl (C=O) groups is 2. The van der Waals surface area contributed by atoms with Gasteiger partial charge in [-0.2, -0.15) is 5.10 Å². The summed E-state index contributed by atoms with van der Waals surface area (Å²) in [4.78, 5) is 30.9. The summed E-state index contributed by atoms with van der Waals surface area (Å²) in [6.45, 7) is 7.25. The van der Waals surface area contributed by atoms with E-state index >= 15 is 0 Å². The van der Waals surface area contributed by atoms with Gasteiger partial charge in [0.15, 0.2) is 0 Å². The lowest BCUT2D eigenvalue weighted by molar-refractivity contribution is 0.0525. The standard InChI is InChI=1S/C28H26ClN3O4/c1-5-35-27(33)23-17(3)30-18(4)24(28(34)36-6-2)25(23)22-16-32(21-10-8-7-9-11-21)31-26(22)19-12-14-20(29)15-13-19/h7-16H,5-6H2,1-4H3. The van der Waals surface area contributed by atoms with Crippen LogP contribution in [0.3, 0.4) is 0 Å². The fourth-order valence-electron chi connectivity index (χ4n) is 4.12. The third kappa shape index (κ3) is 4.88. The maximum Gasteiger partial charge on any atom is 0.340 e. The molecule has 0 N–H and O–H groups in total. The van der Waals surface area contributed by atoms with Crippen LogP contribution in [0.4, 0.5) is 0 Å². The maximum absolute atomic E-state index is 13.2. The molecular formula is C28H26ClN3O4. The lowest BCUT2D eigenvalue weighted by atomic mass is 9.91. The minimum Gasteiger partial charge on any atom is -0.462 e. The molecule has 0 aliphatic rings. The van der Waals surface area contributed by atoms with E-state index in [1.165, 1.54) is 0 Å². The van der Waals surface area contributed by atoms with Crippen LogP contribution in [0.2, 0.25) is 5.02 Å². The number of benzene rings is 2. The number of ether oxygens (including phenoxy) is 2. The second-order valence-electron chi connectivity index (χ2n) is 8.03. The number of pyridine rings is 1. The quantitative estimate of drug-likeness (QED) is 0.278. The van der Waals surface area contributed by atoms with Gasteiger partial charge in [0, 0.05) is 27.9 Å². The molecule has 7 nitrogen and oxygen atoms in total. The maximum atomic E-state index is 13.2. The molecule has 0 bridgehead atoms. The Morgan fingerprint density at radius 3 is 1.94 bits per heavy atom. The number of halogens is 1. The minimum atomic E-state index is -0.572. The molecule has 0 atom stereocenters. The number of hydrogen-bond donors (Lipinski definition) is 0. The van der Waals surface area contributed by atoms with Crippen molar-refractivity contribution in [2.24, 2.45) is 0 Å². The topological polar surface area (TPSA) is 83.3 Å². The smallest absolute Gasteiger partial charge is 0.340 e. The van der Waals surface area contributed by atoms with Crippen LogP contribution < -0.4 is 0 Å². The summed E-state index contributed by atoms with van der Waals surface area (Å²) in [5.41, 5.74) is 4.40. The predicted octanol–water partition coefficient (Wildman–Crippen LogP) is 6.22. The van der Waals surface area contributed by atoms with E-state index < -0.39 is 11.9 Å². The Balaban J connectivity index is 2.11. The van der Waals surface area contributed by atoms with Gasteiger partial charge >= 0.3 is 11.9 Å². The van der Waals surface area contributed by atoms with Gasteiger partial charge < -0.3 is 9.47 Å². The summed E-state index contributed by atoms with van der Waals surface area (Å²) in [5.74, 6) is -1.14. The van der Waals surface area contributed by atoms with E-state index in [1.54, 1.807) is 50.7 Å². The number of hydrogen-bond acceptors (Lipinski definition) is 6. The van der Waals surface area contributed by atoms with Crippen LogP contribution in [-0.2, 0) is 9.47 Å². The highest BCUT2D eigenvalue weighted by Gasteiger charge is 2.30. The van der Waals surface area contributed by atoms with Crippen molar-refractivity contribution >= 4 is 23.5 Å². The number of esters is 2. The third-order valence-corrected chi connectivity index (χ3v) is 5.89. The Kier molecular flexibility index (Phi) is 7.50. The molecule has 0 saturated carbocycles. The molecule has 4 aromatic rings. The Morgan fingerprint density at radius 2 is 1.42 bits per heavy atom. The van der Waals surface area contributed by atoms with Crippen molar-refractivity contribution in [3.63, 3.8) is 0 Å². The highest BCUT2D eigenvalue weighted by atomic mass is 35.5. The molecule has 2 aromatic carbocycles. The number of rotatable bonds is 7. The van der Waals surface area contributed by atoms with Crippen LogP contribution in [0.1, 0.15) is 46.0 Å². The Morgan fingerprint density at radius 1 is 0.861 bits per heavy atom. The summed E-state index contributed by atoms with van der Waals surface area (Å²) >= 11 is 6.15. The third-order valence-electron chi connectivity index (χ3n) is 5.64. The Hall–Kier alpha value is -3.97. The average Bonchev–Trinajstić information content (AvgIpc) is 3.30. The van der Waals surface area contributed by atoms with E-state index in [4.69, 9.17) is 26.2 Å². The minimum absolute atomic E-state index is 0.174. The van der Waals surface area contributed by atoms with Gasteiger partial charge in [0.05, 0.1) is 41.4 Å². The van der Waals surface area contributed by atoms with Crippen molar-refractivity contribution in [1.29, 1.82) is 0 Å². The van der Waals surface area contributed by atoms with Gasteiger partial charge in [-0.3, -0.25) is 4.98 Å². The largest absolute Gasteiger partial charge is 0.462 e. The lowest BCUT2D eigenvalue weighted by Gasteiger charge is -2.17. The van der Waals surface area contributed by atoms with Crippen LogP contribution in [-0.4, -0.2) is 39.9 Å². The summed E-state index contributed by atoms with van der Waals surface area (Å²) in [6, 6.07) is 16.8. The van der Waals surface area contributed by atoms with Gasteiger partial charge in [0.25, 0.3) is 0 Å². The molecule has 0 radical (unpaired) electrons. The predicted molar refractivity (Wildman–Crippen MR) is 139 cm³/mol. The van der Waals surface area contributed by atoms with Crippen LogP contribution in [0.5, 0.6) is 0 Å². The van der Waals surface area contributed by atoms with Crippen molar-refractivity contribution in [3.05, 3.63) is 88.3 Å². The van der Waals surface area contributed by atoms with Gasteiger partial charge in [0.1, 0.15) is 5.69 Å². The first-order chi connectivity index (χ1) is 17.3. The molecule has 4 rings (SSSR count). The molecule has 0 saturated heterocycles. The van der Waals surface area contributed by atoms with E-state index in [-0.39, 0.29) is 24.3 Å². The zero-order valence-electron chi connectivity index (χ0n) is 20.5. The Bertz CT molecular complexity index is 1370. The van der Waals surface area contributed by atoms with Crippen molar-refractivity contribution in [2.75, 3.05) is 13.2 Å². The number of aromatic nitrogens is 3. The van der Waals surface area contributed by atoms with E-state index in [0.29, 0.717) is 33.2 Å². The summed E-state index contributed by atoms with van der Waals surface area (Å²) < 4.78 is 12.5. The van der Waals surface area contributed by atoms with Crippen molar-refractivity contribution in [3.8, 4) is 28.1 Å². The highest BCUT2D eigenvalue weighted by molar-refractivity contribution is 6.30. The molecule has 0 unspecified atom stereocenters. The van der Waals surface area contributed by atoms with Crippen molar-refractivity contribution < 1.29 is 19.1 Å². The monoisotopic (exact) mass is 503 g/mol. The van der Waals surface area contributed by atoms with Gasteiger partial charge in [-0.1, -0.05) is 41.9 Å². The number of para-hydroxylation sites is 1. The first-order valence-electron chi connectivity index (χ1n) is 11.6. The summed E-state index contributed by atoms with van der Waals surface area (Å²) in [7, 11) is 0. The Labute approximate surface area is 214 Å². The molecule has 0 aliphatic heterocycles. The molecule has 2 aromatic heterocycles. The first-order valence-corrected chi connectivity index (χ1v) is 12.0. The average molecular weight is 504 g/mol. The van der Waals surface area contributed by atoms with Crippen LogP contribution in [0.25, 0.3) is 28.1 Å². The lowest BCUT2D eigenvalue weighted by Crippen LogP contribution is -2.17. The van der Waals surface area contributed by atoms with Gasteiger partial charge in [-0.05, 0) is 52.0 Å². The molecule has 0 fully saturated rings. The van der Waals surface area contributed by atoms with Crippen molar-refractivity contribution in [2.45, 2.75) is 27.7 Å². The second kappa shape index (κ2) is 10.7. The SMILES string of the molecule is CCOC(=O)c1c(C)nc(C)c(C(=O)OCC)c1-c1cn(-c2ccccc2)nc1-c1ccc(Cl)cc1. The molecule has 184 valence electrons. The van der Waals surface area contributed by atoms with E-state index in [9.17, 15) is 9.59 Å². The van der Waals surface area contributed by atoms with Crippen LogP contribution in [0, 0.1) is 13.8 Å². The fourth-order valence-corrected chi connectivity index (χ4v) is 4.24. The number of nitrogens with zero attached hydrogens (tertiary/aromatic N) is 3. The summed E-state index contributed by atoms with van der Waals surface area (Å²) in [5, 5.41) is 5.44. The van der Waals surface area contributed by atoms with Crippen molar-refractivity contribution in [1.82, 2.24) is 14.8 Å². The van der Waals surface area contributed by atoms with E-state index in [0.717, 1.165) is 11.3 Å². The zero-order chi connectivity index (χ0) is 25.8. The molecule has 0 amide bonds. The molecule has 2 heterocycles. The highest BCUT2D eigenvalue weighted by Crippen LogP contribution is 2.39. The summed E-state index contributed by atoms with van der Waals surface area (Å²) in [6.07, 6.45) is 1.80. The van der Waals surface area contributed by atoms with Gasteiger partial charge in [-0.25, -0.2) is 14.3 Å².